The molecule has 0 aliphatic carbocycles. The quantitative estimate of drug-likeness (QED) is 0.117. The number of rotatable bonds is 11. The van der Waals surface area contributed by atoms with Gasteiger partial charge in [-0.25, -0.2) is 19.6 Å². The molecule has 2 aromatic carbocycles. The lowest BCUT2D eigenvalue weighted by Gasteiger charge is -2.19. The van der Waals surface area contributed by atoms with Gasteiger partial charge in [-0.1, -0.05) is 17.7 Å². The monoisotopic (exact) mass is 559 g/mol. The molecule has 1 aromatic heterocycles. The van der Waals surface area contributed by atoms with E-state index in [1.54, 1.807) is 18.2 Å². The van der Waals surface area contributed by atoms with Crippen molar-refractivity contribution in [2.24, 2.45) is 16.5 Å². The van der Waals surface area contributed by atoms with Crippen LogP contribution in [0.2, 0.25) is 5.02 Å². The number of aromatic nitrogens is 1. The van der Waals surface area contributed by atoms with Crippen LogP contribution in [0.5, 0.6) is 5.75 Å². The molecular weight excluding hydrogens is 538 g/mol. The summed E-state index contributed by atoms with van der Waals surface area (Å²) < 4.78 is 5.35. The molecule has 0 unspecified atom stereocenters. The Morgan fingerprint density at radius 1 is 1.08 bits per heavy atom. The molecule has 3 rings (SSSR count). The van der Waals surface area contributed by atoms with E-state index in [1.165, 1.54) is 29.6 Å². The van der Waals surface area contributed by atoms with Crippen LogP contribution in [0.15, 0.2) is 52.8 Å². The molecule has 0 radical (unpaired) electrons. The Kier molecular flexibility index (Phi) is 9.35. The van der Waals surface area contributed by atoms with Crippen LogP contribution in [-0.4, -0.2) is 56.4 Å². The highest BCUT2D eigenvalue weighted by Gasteiger charge is 2.20. The van der Waals surface area contributed by atoms with E-state index < -0.39 is 30.4 Å². The summed E-state index contributed by atoms with van der Waals surface area (Å²) in [5, 5.41) is 20.1. The molecule has 12 nitrogen and oxygen atoms in total. The minimum absolute atomic E-state index is 0.0640. The number of carbonyl (C=O) groups excluding carboxylic acids is 2. The number of amides is 1. The zero-order valence-corrected chi connectivity index (χ0v) is 21.2. The molecule has 14 heteroatoms. The van der Waals surface area contributed by atoms with Crippen molar-refractivity contribution in [3.05, 3.63) is 74.7 Å². The van der Waals surface area contributed by atoms with Gasteiger partial charge in [0.15, 0.2) is 11.7 Å². The van der Waals surface area contributed by atoms with Crippen LogP contribution in [0, 0.1) is 0 Å². The number of hydrogen-bond donors (Lipinski definition) is 4. The van der Waals surface area contributed by atoms with E-state index in [0.29, 0.717) is 16.3 Å². The Hall–Kier alpha value is -4.49. The second kappa shape index (κ2) is 12.7. The van der Waals surface area contributed by atoms with Crippen LogP contribution in [0.4, 0.5) is 5.69 Å². The summed E-state index contributed by atoms with van der Waals surface area (Å²) in [7, 11) is 0. The molecule has 0 aliphatic rings. The highest BCUT2D eigenvalue weighted by atomic mass is 35.5. The lowest BCUT2D eigenvalue weighted by atomic mass is 10.1. The fourth-order valence-corrected chi connectivity index (χ4v) is 4.27. The van der Waals surface area contributed by atoms with Gasteiger partial charge in [-0.05, 0) is 48.4 Å². The van der Waals surface area contributed by atoms with Crippen LogP contribution in [0.3, 0.4) is 0 Å². The number of aliphatic carboxylic acids is 1. The van der Waals surface area contributed by atoms with Gasteiger partial charge in [-0.15, -0.1) is 11.3 Å². The average Bonchev–Trinajstić information content (AvgIpc) is 3.32. The molecule has 0 aliphatic heterocycles. The summed E-state index contributed by atoms with van der Waals surface area (Å²) in [5.41, 5.74) is 11.8. The number of esters is 1. The zero-order valence-electron chi connectivity index (χ0n) is 19.7. The molecule has 3 aromatic rings. The number of aromatic carboxylic acids is 1. The number of carboxylic acid groups (broad SMARTS) is 2. The molecule has 1 amide bonds. The Morgan fingerprint density at radius 3 is 2.37 bits per heavy atom. The first kappa shape index (κ1) is 28.1. The first-order valence-corrected chi connectivity index (χ1v) is 12.1. The predicted molar refractivity (Wildman–Crippen MR) is 139 cm³/mol. The summed E-state index contributed by atoms with van der Waals surface area (Å²) in [6.45, 7) is -0.713. The van der Waals surface area contributed by atoms with Crippen molar-refractivity contribution in [1.29, 1.82) is 0 Å². The zero-order chi connectivity index (χ0) is 27.8. The van der Waals surface area contributed by atoms with Gasteiger partial charge in [0.1, 0.15) is 17.3 Å². The number of thiazole rings is 1. The van der Waals surface area contributed by atoms with Crippen LogP contribution in [0.25, 0.3) is 0 Å². The number of halogens is 1. The van der Waals surface area contributed by atoms with Gasteiger partial charge in [-0.3, -0.25) is 9.59 Å². The Balaban J connectivity index is 1.61. The summed E-state index contributed by atoms with van der Waals surface area (Å²) in [6.07, 6.45) is 0.123. The minimum Gasteiger partial charge on any atom is -0.480 e. The number of benzene rings is 2. The van der Waals surface area contributed by atoms with Crippen LogP contribution < -0.4 is 16.2 Å². The largest absolute Gasteiger partial charge is 0.480 e. The van der Waals surface area contributed by atoms with Gasteiger partial charge in [0, 0.05) is 16.8 Å². The summed E-state index contributed by atoms with van der Waals surface area (Å²) in [4.78, 5) is 56.3. The van der Waals surface area contributed by atoms with Crippen molar-refractivity contribution >= 4 is 58.4 Å². The summed E-state index contributed by atoms with van der Waals surface area (Å²) in [6, 6.07) is 10.7. The molecule has 0 spiro atoms. The normalized spacial score (nSPS) is 10.4. The molecule has 0 bridgehead atoms. The minimum atomic E-state index is -1.22. The fourth-order valence-electron chi connectivity index (χ4n) is 3.22. The van der Waals surface area contributed by atoms with Gasteiger partial charge < -0.3 is 31.3 Å². The number of nitrogens with two attached hydrogens (primary N) is 2. The van der Waals surface area contributed by atoms with Crippen molar-refractivity contribution in [2.75, 3.05) is 6.54 Å². The third kappa shape index (κ3) is 8.01. The molecule has 38 heavy (non-hydrogen) atoms. The van der Waals surface area contributed by atoms with Gasteiger partial charge in [0.25, 0.3) is 0 Å². The second-order valence-electron chi connectivity index (χ2n) is 7.80. The van der Waals surface area contributed by atoms with E-state index in [9.17, 15) is 24.3 Å². The molecule has 0 fully saturated rings. The standard InChI is InChI=1S/C24H22ClN5O7S/c25-17-9-16(37-23(36)14-1-5-15(6-2-14)28-24(26)27)7-3-13(17)4-8-20(31)30(11-21(32)33)10-19-29-18(12-38-19)22(34)35/h1-3,5-7,9,12H,4,8,10-11H2,(H,32,33)(H,34,35)(H4,26,27,28). The molecule has 6 N–H and O–H groups in total. The number of aliphatic imine (C=N–C) groups is 1. The van der Waals surface area contributed by atoms with Crippen LogP contribution in [0.1, 0.15) is 37.8 Å². The van der Waals surface area contributed by atoms with E-state index in [0.717, 1.165) is 16.2 Å². The molecule has 0 saturated carbocycles. The highest BCUT2D eigenvalue weighted by Crippen LogP contribution is 2.25. The number of hydrogen-bond acceptors (Lipinski definition) is 8. The van der Waals surface area contributed by atoms with E-state index in [1.807, 2.05) is 0 Å². The smallest absolute Gasteiger partial charge is 0.355 e. The highest BCUT2D eigenvalue weighted by molar-refractivity contribution is 7.09. The van der Waals surface area contributed by atoms with E-state index >= 15 is 0 Å². The molecule has 0 atom stereocenters. The lowest BCUT2D eigenvalue weighted by Crippen LogP contribution is -2.35. The molecular formula is C24H22ClN5O7S. The molecule has 0 saturated heterocycles. The average molecular weight is 560 g/mol. The first-order valence-electron chi connectivity index (χ1n) is 10.9. The van der Waals surface area contributed by atoms with Crippen molar-refractivity contribution in [1.82, 2.24) is 9.88 Å². The number of guanidine groups is 1. The van der Waals surface area contributed by atoms with Gasteiger partial charge in [0.2, 0.25) is 5.91 Å². The Bertz CT molecular complexity index is 1390. The predicted octanol–water partition coefficient (Wildman–Crippen LogP) is 2.66. The fraction of sp³-hybridized carbons (Fsp3) is 0.167. The number of nitrogens with zero attached hydrogens (tertiary/aromatic N) is 3. The topological polar surface area (TPSA) is 198 Å². The van der Waals surface area contributed by atoms with Gasteiger partial charge >= 0.3 is 17.9 Å². The number of carboxylic acids is 2. The SMILES string of the molecule is NC(N)=Nc1ccc(C(=O)Oc2ccc(CCC(=O)N(CC(=O)O)Cc3nc(C(=O)O)cs3)c(Cl)c2)cc1. The number of ether oxygens (including phenoxy) is 1. The van der Waals surface area contributed by atoms with Crippen LogP contribution >= 0.6 is 22.9 Å². The third-order valence-electron chi connectivity index (χ3n) is 4.98. The van der Waals surface area contributed by atoms with Crippen molar-refractivity contribution in [3.63, 3.8) is 0 Å². The maximum atomic E-state index is 12.7. The number of carbonyl (C=O) groups is 4. The van der Waals surface area contributed by atoms with Crippen molar-refractivity contribution in [2.45, 2.75) is 19.4 Å². The van der Waals surface area contributed by atoms with Gasteiger partial charge in [-0.2, -0.15) is 0 Å². The second-order valence-corrected chi connectivity index (χ2v) is 9.15. The van der Waals surface area contributed by atoms with E-state index in [4.69, 9.17) is 32.9 Å². The maximum absolute atomic E-state index is 12.7. The van der Waals surface area contributed by atoms with Crippen molar-refractivity contribution in [3.8, 4) is 5.75 Å². The van der Waals surface area contributed by atoms with E-state index in [2.05, 4.69) is 9.98 Å². The first-order chi connectivity index (χ1) is 18.0. The molecule has 1 heterocycles. The maximum Gasteiger partial charge on any atom is 0.355 e. The third-order valence-corrected chi connectivity index (χ3v) is 6.17. The number of aryl methyl sites for hydroxylation is 1. The molecule has 198 valence electrons. The lowest BCUT2D eigenvalue weighted by molar-refractivity contribution is -0.144. The van der Waals surface area contributed by atoms with E-state index in [-0.39, 0.29) is 47.4 Å². The summed E-state index contributed by atoms with van der Waals surface area (Å²) >= 11 is 7.34. The Morgan fingerprint density at radius 2 is 1.79 bits per heavy atom. The summed E-state index contributed by atoms with van der Waals surface area (Å²) in [5.74, 6) is -3.46. The van der Waals surface area contributed by atoms with Gasteiger partial charge in [0.05, 0.1) is 17.8 Å². The van der Waals surface area contributed by atoms with Crippen LogP contribution in [-0.2, 0) is 22.6 Å². The Labute approximate surface area is 225 Å². The van der Waals surface area contributed by atoms with Crippen molar-refractivity contribution < 1.29 is 34.1 Å².